The molecule has 170 valence electrons. The van der Waals surface area contributed by atoms with E-state index in [4.69, 9.17) is 25.8 Å². The molecule has 0 saturated heterocycles. The van der Waals surface area contributed by atoms with E-state index in [2.05, 4.69) is 10.5 Å². The van der Waals surface area contributed by atoms with Gasteiger partial charge in [0.05, 0.1) is 18.4 Å². The summed E-state index contributed by atoms with van der Waals surface area (Å²) >= 11 is 5.98. The predicted molar refractivity (Wildman–Crippen MR) is 126 cm³/mol. The second-order valence-electron chi connectivity index (χ2n) is 6.89. The van der Waals surface area contributed by atoms with Crippen LogP contribution < -0.4 is 19.6 Å². The van der Waals surface area contributed by atoms with Crippen molar-refractivity contribution in [3.63, 3.8) is 0 Å². The molecule has 33 heavy (non-hydrogen) atoms. The summed E-state index contributed by atoms with van der Waals surface area (Å²) in [6, 6.07) is 18.8. The molecule has 3 aromatic carbocycles. The smallest absolute Gasteiger partial charge is 0.343 e. The van der Waals surface area contributed by atoms with Crippen molar-refractivity contribution in [2.75, 3.05) is 13.2 Å². The maximum absolute atomic E-state index is 12.3. The molecule has 7 nitrogen and oxygen atoms in total. The minimum Gasteiger partial charge on any atom is -0.490 e. The second kappa shape index (κ2) is 11.7. The van der Waals surface area contributed by atoms with Gasteiger partial charge in [-0.05, 0) is 73.5 Å². The lowest BCUT2D eigenvalue weighted by Crippen LogP contribution is -2.24. The largest absolute Gasteiger partial charge is 0.490 e. The molecule has 0 aromatic heterocycles. The van der Waals surface area contributed by atoms with Gasteiger partial charge in [-0.15, -0.1) is 0 Å². The first-order chi connectivity index (χ1) is 16.0. The highest BCUT2D eigenvalue weighted by molar-refractivity contribution is 6.31. The van der Waals surface area contributed by atoms with Crippen molar-refractivity contribution in [1.82, 2.24) is 5.43 Å². The van der Waals surface area contributed by atoms with E-state index in [1.54, 1.807) is 60.7 Å². The lowest BCUT2D eigenvalue weighted by Gasteiger charge is -2.11. The monoisotopic (exact) mass is 466 g/mol. The van der Waals surface area contributed by atoms with E-state index in [9.17, 15) is 9.59 Å². The number of hydrogen-bond donors (Lipinski definition) is 1. The van der Waals surface area contributed by atoms with Crippen molar-refractivity contribution in [3.8, 4) is 17.2 Å². The minimum atomic E-state index is -0.485. The number of benzene rings is 3. The number of hydrogen-bond acceptors (Lipinski definition) is 6. The highest BCUT2D eigenvalue weighted by Gasteiger charge is 2.13. The van der Waals surface area contributed by atoms with Crippen molar-refractivity contribution >= 4 is 29.7 Å². The summed E-state index contributed by atoms with van der Waals surface area (Å²) in [6.07, 6.45) is 1.45. The summed E-state index contributed by atoms with van der Waals surface area (Å²) in [5.74, 6) is 0.313. The quantitative estimate of drug-likeness (QED) is 0.212. The zero-order valence-corrected chi connectivity index (χ0v) is 19.0. The number of ether oxygens (including phenoxy) is 3. The van der Waals surface area contributed by atoms with Crippen molar-refractivity contribution < 1.29 is 23.8 Å². The Morgan fingerprint density at radius 2 is 1.79 bits per heavy atom. The summed E-state index contributed by atoms with van der Waals surface area (Å²) in [7, 11) is 0. The SMILES string of the molecule is CCOc1cc(C=NNC(=O)COc2ccc(Cl)c(C)c2)ccc1OC(=O)c1ccccc1. The van der Waals surface area contributed by atoms with Gasteiger partial charge in [0.2, 0.25) is 0 Å². The molecule has 0 saturated carbocycles. The van der Waals surface area contributed by atoms with Gasteiger partial charge in [-0.25, -0.2) is 10.2 Å². The van der Waals surface area contributed by atoms with Crippen LogP contribution in [0.25, 0.3) is 0 Å². The predicted octanol–water partition coefficient (Wildman–Crippen LogP) is 4.80. The first-order valence-corrected chi connectivity index (χ1v) is 10.6. The number of esters is 1. The lowest BCUT2D eigenvalue weighted by atomic mass is 10.2. The van der Waals surface area contributed by atoms with Crippen LogP contribution in [-0.4, -0.2) is 31.3 Å². The number of carbonyl (C=O) groups excluding carboxylic acids is 2. The molecule has 0 fully saturated rings. The topological polar surface area (TPSA) is 86.2 Å². The fraction of sp³-hybridized carbons (Fsp3) is 0.160. The Kier molecular flexibility index (Phi) is 8.43. The molecule has 1 amide bonds. The van der Waals surface area contributed by atoms with E-state index in [0.29, 0.717) is 40.0 Å². The molecule has 0 bridgehead atoms. The summed E-state index contributed by atoms with van der Waals surface area (Å²) in [5.41, 5.74) is 4.34. The zero-order valence-electron chi connectivity index (χ0n) is 18.2. The molecule has 8 heteroatoms. The number of halogens is 1. The van der Waals surface area contributed by atoms with Crippen molar-refractivity contribution in [2.24, 2.45) is 5.10 Å². The van der Waals surface area contributed by atoms with Crippen molar-refractivity contribution in [2.45, 2.75) is 13.8 Å². The molecule has 1 N–H and O–H groups in total. The summed E-state index contributed by atoms with van der Waals surface area (Å²) in [5, 5.41) is 4.56. The van der Waals surface area contributed by atoms with Crippen LogP contribution >= 0.6 is 11.6 Å². The maximum Gasteiger partial charge on any atom is 0.343 e. The van der Waals surface area contributed by atoms with Gasteiger partial charge < -0.3 is 14.2 Å². The number of aryl methyl sites for hydroxylation is 1. The van der Waals surface area contributed by atoms with Crippen molar-refractivity contribution in [1.29, 1.82) is 0 Å². The molecule has 0 radical (unpaired) electrons. The fourth-order valence-corrected chi connectivity index (χ4v) is 2.88. The maximum atomic E-state index is 12.3. The summed E-state index contributed by atoms with van der Waals surface area (Å²) in [6.45, 7) is 3.86. The van der Waals surface area contributed by atoms with Crippen LogP contribution in [0.1, 0.15) is 28.4 Å². The average Bonchev–Trinajstić information content (AvgIpc) is 2.82. The van der Waals surface area contributed by atoms with Crippen LogP contribution in [0.4, 0.5) is 0 Å². The van der Waals surface area contributed by atoms with Crippen LogP contribution in [0.2, 0.25) is 5.02 Å². The van der Waals surface area contributed by atoms with E-state index in [1.807, 2.05) is 19.9 Å². The third kappa shape index (κ3) is 7.08. The average molecular weight is 467 g/mol. The molecule has 0 aliphatic heterocycles. The molecule has 0 aliphatic carbocycles. The van der Waals surface area contributed by atoms with Gasteiger partial charge in [0.25, 0.3) is 5.91 Å². The van der Waals surface area contributed by atoms with Gasteiger partial charge in [0.1, 0.15) is 5.75 Å². The van der Waals surface area contributed by atoms with E-state index >= 15 is 0 Å². The highest BCUT2D eigenvalue weighted by atomic mass is 35.5. The Morgan fingerprint density at radius 1 is 1.00 bits per heavy atom. The molecule has 3 rings (SSSR count). The number of rotatable bonds is 9. The van der Waals surface area contributed by atoms with E-state index in [0.717, 1.165) is 5.56 Å². The standard InChI is InChI=1S/C25H23ClN2O5/c1-3-31-23-14-18(9-12-22(23)33-25(30)19-7-5-4-6-8-19)15-27-28-24(29)16-32-20-10-11-21(26)17(2)13-20/h4-15H,3,16H2,1-2H3,(H,28,29). The third-order valence-corrected chi connectivity index (χ3v) is 4.81. The number of hydrazone groups is 1. The molecule has 0 heterocycles. The fourth-order valence-electron chi connectivity index (χ4n) is 2.76. The Hall–Kier alpha value is -3.84. The Morgan fingerprint density at radius 3 is 2.52 bits per heavy atom. The molecule has 3 aromatic rings. The first kappa shape index (κ1) is 23.8. The van der Waals surface area contributed by atoms with Crippen LogP contribution in [0, 0.1) is 6.92 Å². The first-order valence-electron chi connectivity index (χ1n) is 10.2. The Balaban J connectivity index is 1.58. The Bertz CT molecular complexity index is 1150. The highest BCUT2D eigenvalue weighted by Crippen LogP contribution is 2.29. The van der Waals surface area contributed by atoms with Gasteiger partial charge in [0, 0.05) is 5.02 Å². The summed E-state index contributed by atoms with van der Waals surface area (Å²) < 4.78 is 16.5. The number of nitrogens with one attached hydrogen (secondary N) is 1. The van der Waals surface area contributed by atoms with Gasteiger partial charge in [0.15, 0.2) is 18.1 Å². The molecule has 0 spiro atoms. The zero-order chi connectivity index (χ0) is 23.6. The molecular formula is C25H23ClN2O5. The second-order valence-corrected chi connectivity index (χ2v) is 7.29. The normalized spacial score (nSPS) is 10.6. The summed E-state index contributed by atoms with van der Waals surface area (Å²) in [4.78, 5) is 24.3. The van der Waals surface area contributed by atoms with Crippen LogP contribution in [0.15, 0.2) is 71.8 Å². The van der Waals surface area contributed by atoms with Crippen LogP contribution in [0.5, 0.6) is 17.2 Å². The molecular weight excluding hydrogens is 444 g/mol. The van der Waals surface area contributed by atoms with Crippen molar-refractivity contribution in [3.05, 3.63) is 88.4 Å². The Labute approximate surface area is 196 Å². The lowest BCUT2D eigenvalue weighted by molar-refractivity contribution is -0.123. The van der Waals surface area contributed by atoms with E-state index < -0.39 is 11.9 Å². The number of nitrogens with zero attached hydrogens (tertiary/aromatic N) is 1. The van der Waals surface area contributed by atoms with Gasteiger partial charge in [-0.3, -0.25) is 4.79 Å². The van der Waals surface area contributed by atoms with E-state index in [1.165, 1.54) is 6.21 Å². The van der Waals surface area contributed by atoms with Gasteiger partial charge in [-0.2, -0.15) is 5.10 Å². The molecule has 0 aliphatic rings. The minimum absolute atomic E-state index is 0.197. The van der Waals surface area contributed by atoms with E-state index in [-0.39, 0.29) is 6.61 Å². The van der Waals surface area contributed by atoms with Gasteiger partial charge >= 0.3 is 5.97 Å². The number of carbonyl (C=O) groups is 2. The molecule has 0 atom stereocenters. The molecule has 0 unspecified atom stereocenters. The third-order valence-electron chi connectivity index (χ3n) is 4.38. The van der Waals surface area contributed by atoms with Crippen LogP contribution in [-0.2, 0) is 4.79 Å². The van der Waals surface area contributed by atoms with Gasteiger partial charge in [-0.1, -0.05) is 29.8 Å². The number of amides is 1. The van der Waals surface area contributed by atoms with Crippen LogP contribution in [0.3, 0.4) is 0 Å².